The van der Waals surface area contributed by atoms with Crippen LogP contribution < -0.4 is 14.2 Å². The highest BCUT2D eigenvalue weighted by atomic mass is 16.5. The first-order chi connectivity index (χ1) is 17.8. The minimum Gasteiger partial charge on any atom is -0.507 e. The second kappa shape index (κ2) is 11.2. The molecule has 0 bridgehead atoms. The Kier molecular flexibility index (Phi) is 7.82. The molecule has 0 aromatic heterocycles. The predicted octanol–water partition coefficient (Wildman–Crippen LogP) is 5.50. The lowest BCUT2D eigenvalue weighted by molar-refractivity contribution is -0.140. The third kappa shape index (κ3) is 5.61. The number of hydrogen-bond donors (Lipinski definition) is 1. The summed E-state index contributed by atoms with van der Waals surface area (Å²) in [6.07, 6.45) is -0.0590. The van der Waals surface area contributed by atoms with E-state index in [1.807, 2.05) is 45.0 Å². The summed E-state index contributed by atoms with van der Waals surface area (Å²) in [5, 5.41) is 11.4. The zero-order valence-electron chi connectivity index (χ0n) is 21.4. The molecule has 4 rings (SSSR count). The van der Waals surface area contributed by atoms with Crippen molar-refractivity contribution in [2.45, 2.75) is 39.5 Å². The van der Waals surface area contributed by atoms with E-state index < -0.39 is 17.7 Å². The SMILES string of the molecule is CCOc1ccc(C2/C(=C(/O)c3cccc(OC(C)C)c3)C(=O)C(=O)N2Cc2ccc(OC)cc2)cc1. The standard InChI is InChI=1S/C30H31NO6/c1-5-36-24-15-11-21(12-16-24)27-26(28(32)22-7-6-8-25(17-22)37-19(2)3)29(33)30(34)31(27)18-20-9-13-23(35-4)14-10-20/h6-17,19,27,32H,5,18H2,1-4H3/b28-26-. The van der Waals surface area contributed by atoms with Crippen molar-refractivity contribution in [2.24, 2.45) is 0 Å². The van der Waals surface area contributed by atoms with Gasteiger partial charge in [-0.15, -0.1) is 0 Å². The molecule has 1 heterocycles. The van der Waals surface area contributed by atoms with Gasteiger partial charge in [0.2, 0.25) is 0 Å². The van der Waals surface area contributed by atoms with Gasteiger partial charge in [0.15, 0.2) is 0 Å². The molecule has 1 aliphatic heterocycles. The number of methoxy groups -OCH3 is 1. The van der Waals surface area contributed by atoms with Crippen LogP contribution in [0.25, 0.3) is 5.76 Å². The van der Waals surface area contributed by atoms with Crippen molar-refractivity contribution >= 4 is 17.4 Å². The van der Waals surface area contributed by atoms with E-state index >= 15 is 0 Å². The number of carbonyl (C=O) groups is 2. The number of rotatable bonds is 9. The molecule has 1 atom stereocenters. The maximum atomic E-state index is 13.4. The zero-order valence-corrected chi connectivity index (χ0v) is 21.4. The van der Waals surface area contributed by atoms with Crippen molar-refractivity contribution in [1.82, 2.24) is 4.90 Å². The Bertz CT molecular complexity index is 1290. The number of Topliss-reactive ketones (excluding diaryl/α,β-unsaturated/α-hetero) is 1. The normalized spacial score (nSPS) is 16.8. The number of ether oxygens (including phenoxy) is 3. The summed E-state index contributed by atoms with van der Waals surface area (Å²) in [6, 6.07) is 20.6. The Labute approximate surface area is 216 Å². The van der Waals surface area contributed by atoms with Crippen LogP contribution >= 0.6 is 0 Å². The van der Waals surface area contributed by atoms with E-state index in [0.29, 0.717) is 35.0 Å². The Morgan fingerprint density at radius 1 is 0.946 bits per heavy atom. The monoisotopic (exact) mass is 501 g/mol. The van der Waals surface area contributed by atoms with Gasteiger partial charge in [-0.05, 0) is 68.3 Å². The molecule has 7 nitrogen and oxygen atoms in total. The number of nitrogens with zero attached hydrogens (tertiary/aromatic N) is 1. The molecule has 0 radical (unpaired) electrons. The highest BCUT2D eigenvalue weighted by Crippen LogP contribution is 2.41. The molecule has 0 saturated carbocycles. The predicted molar refractivity (Wildman–Crippen MR) is 141 cm³/mol. The number of carbonyl (C=O) groups excluding carboxylic acids is 2. The number of ketones is 1. The average Bonchev–Trinajstić information content (AvgIpc) is 3.14. The van der Waals surface area contributed by atoms with E-state index in [4.69, 9.17) is 14.2 Å². The van der Waals surface area contributed by atoms with Crippen molar-refractivity contribution < 1.29 is 28.9 Å². The molecule has 3 aromatic rings. The molecular weight excluding hydrogens is 470 g/mol. The smallest absolute Gasteiger partial charge is 0.295 e. The van der Waals surface area contributed by atoms with Gasteiger partial charge in [-0.1, -0.05) is 36.4 Å². The summed E-state index contributed by atoms with van der Waals surface area (Å²) in [6.45, 7) is 6.41. The third-order valence-corrected chi connectivity index (χ3v) is 6.04. The van der Waals surface area contributed by atoms with E-state index in [1.54, 1.807) is 55.6 Å². The lowest BCUT2D eigenvalue weighted by Crippen LogP contribution is -2.29. The summed E-state index contributed by atoms with van der Waals surface area (Å²) in [5.74, 6) is 0.271. The molecule has 1 fully saturated rings. The van der Waals surface area contributed by atoms with Gasteiger partial charge in [-0.3, -0.25) is 9.59 Å². The lowest BCUT2D eigenvalue weighted by atomic mass is 9.95. The highest BCUT2D eigenvalue weighted by molar-refractivity contribution is 6.46. The summed E-state index contributed by atoms with van der Waals surface area (Å²) in [4.78, 5) is 28.1. The van der Waals surface area contributed by atoms with Gasteiger partial charge in [-0.2, -0.15) is 0 Å². The van der Waals surface area contributed by atoms with Gasteiger partial charge >= 0.3 is 0 Å². The van der Waals surface area contributed by atoms with Crippen LogP contribution in [0.15, 0.2) is 78.4 Å². The first kappa shape index (κ1) is 25.8. The van der Waals surface area contributed by atoms with Crippen LogP contribution in [0, 0.1) is 0 Å². The van der Waals surface area contributed by atoms with Gasteiger partial charge in [-0.25, -0.2) is 0 Å². The largest absolute Gasteiger partial charge is 0.507 e. The molecule has 1 amide bonds. The molecule has 7 heteroatoms. The fourth-order valence-electron chi connectivity index (χ4n) is 4.37. The van der Waals surface area contributed by atoms with Crippen LogP contribution in [0.2, 0.25) is 0 Å². The minimum atomic E-state index is -0.785. The molecule has 0 spiro atoms. The Hall–Kier alpha value is -4.26. The molecule has 37 heavy (non-hydrogen) atoms. The van der Waals surface area contributed by atoms with E-state index in [-0.39, 0.29) is 24.0 Å². The highest BCUT2D eigenvalue weighted by Gasteiger charge is 2.46. The average molecular weight is 502 g/mol. The summed E-state index contributed by atoms with van der Waals surface area (Å²) in [5.41, 5.74) is 1.94. The topological polar surface area (TPSA) is 85.3 Å². The lowest BCUT2D eigenvalue weighted by Gasteiger charge is -2.25. The van der Waals surface area contributed by atoms with Crippen molar-refractivity contribution in [2.75, 3.05) is 13.7 Å². The molecule has 1 saturated heterocycles. The first-order valence-corrected chi connectivity index (χ1v) is 12.2. The van der Waals surface area contributed by atoms with Crippen molar-refractivity contribution in [1.29, 1.82) is 0 Å². The fraction of sp³-hybridized carbons (Fsp3) is 0.267. The van der Waals surface area contributed by atoms with Gasteiger partial charge in [0, 0.05) is 12.1 Å². The van der Waals surface area contributed by atoms with Gasteiger partial charge in [0.05, 0.1) is 31.4 Å². The van der Waals surface area contributed by atoms with E-state index in [1.165, 1.54) is 4.90 Å². The molecule has 1 aliphatic rings. The Morgan fingerprint density at radius 2 is 1.62 bits per heavy atom. The maximum Gasteiger partial charge on any atom is 0.295 e. The fourth-order valence-corrected chi connectivity index (χ4v) is 4.37. The molecule has 1 N–H and O–H groups in total. The van der Waals surface area contributed by atoms with E-state index in [2.05, 4.69) is 0 Å². The van der Waals surface area contributed by atoms with Crippen LogP contribution in [0.3, 0.4) is 0 Å². The number of aliphatic hydroxyl groups is 1. The van der Waals surface area contributed by atoms with Gasteiger partial charge in [0.1, 0.15) is 23.0 Å². The van der Waals surface area contributed by atoms with Gasteiger partial charge in [0.25, 0.3) is 11.7 Å². The van der Waals surface area contributed by atoms with Crippen LogP contribution in [-0.2, 0) is 16.1 Å². The molecule has 192 valence electrons. The minimum absolute atomic E-state index is 0.0318. The molecule has 0 aliphatic carbocycles. The number of amides is 1. The summed E-state index contributed by atoms with van der Waals surface area (Å²) in [7, 11) is 1.58. The number of hydrogen-bond acceptors (Lipinski definition) is 6. The van der Waals surface area contributed by atoms with Crippen LogP contribution in [0.1, 0.15) is 43.5 Å². The number of benzene rings is 3. The zero-order chi connectivity index (χ0) is 26.5. The van der Waals surface area contributed by atoms with E-state index in [9.17, 15) is 14.7 Å². The van der Waals surface area contributed by atoms with E-state index in [0.717, 1.165) is 5.56 Å². The van der Waals surface area contributed by atoms with Crippen LogP contribution in [0.5, 0.6) is 17.2 Å². The van der Waals surface area contributed by atoms with Crippen LogP contribution in [0.4, 0.5) is 0 Å². The molecule has 3 aromatic carbocycles. The summed E-state index contributed by atoms with van der Waals surface area (Å²) < 4.78 is 16.6. The second-order valence-electron chi connectivity index (χ2n) is 8.97. The quantitative estimate of drug-likeness (QED) is 0.237. The molecule has 1 unspecified atom stereocenters. The van der Waals surface area contributed by atoms with Gasteiger partial charge < -0.3 is 24.2 Å². The first-order valence-electron chi connectivity index (χ1n) is 12.2. The summed E-state index contributed by atoms with van der Waals surface area (Å²) >= 11 is 0. The third-order valence-electron chi connectivity index (χ3n) is 6.04. The Morgan fingerprint density at radius 3 is 2.24 bits per heavy atom. The number of likely N-dealkylation sites (tertiary alicyclic amines) is 1. The van der Waals surface area contributed by atoms with Crippen molar-refractivity contribution in [3.05, 3.63) is 95.1 Å². The second-order valence-corrected chi connectivity index (χ2v) is 8.97. The van der Waals surface area contributed by atoms with Crippen molar-refractivity contribution in [3.63, 3.8) is 0 Å². The number of aliphatic hydroxyl groups excluding tert-OH is 1. The maximum absolute atomic E-state index is 13.4. The van der Waals surface area contributed by atoms with Crippen molar-refractivity contribution in [3.8, 4) is 17.2 Å². The van der Waals surface area contributed by atoms with Crippen LogP contribution in [-0.4, -0.2) is 41.5 Å². The Balaban J connectivity index is 1.80. The molecular formula is C30H31NO6.